The van der Waals surface area contributed by atoms with Gasteiger partial charge in [0, 0.05) is 24.5 Å². The van der Waals surface area contributed by atoms with E-state index in [1.165, 1.54) is 12.1 Å². The van der Waals surface area contributed by atoms with Gasteiger partial charge in [0.15, 0.2) is 0 Å². The van der Waals surface area contributed by atoms with Crippen molar-refractivity contribution < 1.29 is 13.2 Å². The first-order chi connectivity index (χ1) is 9.41. The summed E-state index contributed by atoms with van der Waals surface area (Å²) in [4.78, 5) is 4.13. The molecule has 1 heterocycles. The molecular weight excluding hydrogens is 265 g/mol. The number of alkyl halides is 3. The fraction of sp³-hybridized carbons (Fsp3) is 0.267. The molecule has 0 saturated carbocycles. The third-order valence-electron chi connectivity index (χ3n) is 3.04. The van der Waals surface area contributed by atoms with Gasteiger partial charge >= 0.3 is 6.18 Å². The van der Waals surface area contributed by atoms with Crippen molar-refractivity contribution in [3.05, 3.63) is 53.3 Å². The molecule has 1 aromatic heterocycles. The maximum atomic E-state index is 12.6. The molecule has 0 saturated heterocycles. The second kappa shape index (κ2) is 5.63. The largest absolute Gasteiger partial charge is 0.416 e. The van der Waals surface area contributed by atoms with E-state index in [0.29, 0.717) is 12.1 Å². The minimum absolute atomic E-state index is 0.586. The molecule has 2 aromatic rings. The zero-order valence-electron chi connectivity index (χ0n) is 11.3. The third-order valence-corrected chi connectivity index (χ3v) is 3.04. The van der Waals surface area contributed by atoms with E-state index in [9.17, 15) is 13.2 Å². The monoisotopic (exact) mass is 280 g/mol. The highest BCUT2D eigenvalue weighted by Crippen LogP contribution is 2.33. The van der Waals surface area contributed by atoms with E-state index in [4.69, 9.17) is 0 Å². The van der Waals surface area contributed by atoms with Crippen LogP contribution in [0.4, 0.5) is 13.2 Å². The molecule has 0 aliphatic heterocycles. The summed E-state index contributed by atoms with van der Waals surface area (Å²) in [5, 5.41) is 3.02. The number of hydrogen-bond acceptors (Lipinski definition) is 2. The maximum Gasteiger partial charge on any atom is 0.416 e. The van der Waals surface area contributed by atoms with E-state index in [1.54, 1.807) is 19.3 Å². The first-order valence-electron chi connectivity index (χ1n) is 6.18. The van der Waals surface area contributed by atoms with E-state index in [0.717, 1.165) is 22.8 Å². The summed E-state index contributed by atoms with van der Waals surface area (Å²) in [5.74, 6) is 0. The number of hydrogen-bond donors (Lipinski definition) is 1. The van der Waals surface area contributed by atoms with Gasteiger partial charge in [-0.2, -0.15) is 13.2 Å². The Balaban J connectivity index is 2.41. The van der Waals surface area contributed by atoms with E-state index in [1.807, 2.05) is 13.1 Å². The molecule has 1 N–H and O–H groups in total. The summed E-state index contributed by atoms with van der Waals surface area (Å²) >= 11 is 0. The molecule has 2 rings (SSSR count). The molecule has 5 heteroatoms. The Morgan fingerprint density at radius 3 is 2.50 bits per heavy atom. The van der Waals surface area contributed by atoms with Crippen molar-refractivity contribution in [1.29, 1.82) is 0 Å². The smallest absolute Gasteiger partial charge is 0.316 e. The number of nitrogens with one attached hydrogen (secondary N) is 1. The zero-order valence-corrected chi connectivity index (χ0v) is 11.3. The maximum absolute atomic E-state index is 12.6. The lowest BCUT2D eigenvalue weighted by Crippen LogP contribution is -2.06. The number of benzene rings is 1. The molecule has 0 amide bonds. The standard InChI is InChI=1S/C15H15F3N2/c1-10-5-13(15(16,17)18)3-4-14(10)12-6-11(7-19-2)8-20-9-12/h3-6,8-9,19H,7H2,1-2H3. The summed E-state index contributed by atoms with van der Waals surface area (Å²) < 4.78 is 37.9. The Hall–Kier alpha value is -1.88. The van der Waals surface area contributed by atoms with Crippen LogP contribution < -0.4 is 5.32 Å². The van der Waals surface area contributed by atoms with Crippen LogP contribution in [0, 0.1) is 6.92 Å². The van der Waals surface area contributed by atoms with Gasteiger partial charge in [-0.05, 0) is 48.9 Å². The van der Waals surface area contributed by atoms with Crippen LogP contribution in [0.2, 0.25) is 0 Å². The van der Waals surface area contributed by atoms with Crippen molar-refractivity contribution in [2.75, 3.05) is 7.05 Å². The Morgan fingerprint density at radius 2 is 1.90 bits per heavy atom. The number of aromatic nitrogens is 1. The van der Waals surface area contributed by atoms with Crippen LogP contribution >= 0.6 is 0 Å². The fourth-order valence-electron chi connectivity index (χ4n) is 2.10. The number of nitrogens with zero attached hydrogens (tertiary/aromatic N) is 1. The molecule has 0 unspecified atom stereocenters. The minimum atomic E-state index is -4.31. The molecule has 0 radical (unpaired) electrons. The Kier molecular flexibility index (Phi) is 4.09. The Morgan fingerprint density at radius 1 is 1.15 bits per heavy atom. The average Bonchev–Trinajstić information content (AvgIpc) is 2.38. The lowest BCUT2D eigenvalue weighted by molar-refractivity contribution is -0.137. The van der Waals surface area contributed by atoms with Crippen molar-refractivity contribution >= 4 is 0 Å². The Bertz CT molecular complexity index is 606. The molecule has 0 fully saturated rings. The van der Waals surface area contributed by atoms with E-state index < -0.39 is 11.7 Å². The highest BCUT2D eigenvalue weighted by atomic mass is 19.4. The topological polar surface area (TPSA) is 24.9 Å². The lowest BCUT2D eigenvalue weighted by Gasteiger charge is -2.11. The average molecular weight is 280 g/mol. The lowest BCUT2D eigenvalue weighted by atomic mass is 9.98. The molecule has 0 aliphatic rings. The summed E-state index contributed by atoms with van der Waals surface area (Å²) in [6, 6.07) is 5.70. The van der Waals surface area contributed by atoms with Gasteiger partial charge in [0.25, 0.3) is 0 Å². The summed E-state index contributed by atoms with van der Waals surface area (Å²) in [7, 11) is 1.83. The van der Waals surface area contributed by atoms with Gasteiger partial charge in [0.05, 0.1) is 5.56 Å². The van der Waals surface area contributed by atoms with Crippen molar-refractivity contribution in [2.45, 2.75) is 19.6 Å². The van der Waals surface area contributed by atoms with Gasteiger partial charge in [-0.25, -0.2) is 0 Å². The number of rotatable bonds is 3. The third kappa shape index (κ3) is 3.17. The predicted octanol–water partition coefficient (Wildman–Crippen LogP) is 3.80. The van der Waals surface area contributed by atoms with Crippen molar-refractivity contribution in [1.82, 2.24) is 10.3 Å². The van der Waals surface area contributed by atoms with Crippen LogP contribution in [0.5, 0.6) is 0 Å². The Labute approximate surface area is 115 Å². The quantitative estimate of drug-likeness (QED) is 0.925. The van der Waals surface area contributed by atoms with Gasteiger partial charge < -0.3 is 5.32 Å². The van der Waals surface area contributed by atoms with Gasteiger partial charge in [0.1, 0.15) is 0 Å². The zero-order chi connectivity index (χ0) is 14.8. The van der Waals surface area contributed by atoms with Gasteiger partial charge in [0.2, 0.25) is 0 Å². The van der Waals surface area contributed by atoms with Crippen LogP contribution in [0.3, 0.4) is 0 Å². The van der Waals surface area contributed by atoms with Crippen LogP contribution in [-0.4, -0.2) is 12.0 Å². The molecule has 1 aromatic carbocycles. The first-order valence-corrected chi connectivity index (χ1v) is 6.18. The summed E-state index contributed by atoms with van der Waals surface area (Å²) in [5.41, 5.74) is 2.54. The van der Waals surface area contributed by atoms with Crippen LogP contribution in [-0.2, 0) is 12.7 Å². The van der Waals surface area contributed by atoms with Crippen molar-refractivity contribution in [3.8, 4) is 11.1 Å². The van der Waals surface area contributed by atoms with Crippen LogP contribution in [0.15, 0.2) is 36.7 Å². The normalized spacial score (nSPS) is 11.7. The van der Waals surface area contributed by atoms with Crippen molar-refractivity contribution in [3.63, 3.8) is 0 Å². The van der Waals surface area contributed by atoms with E-state index in [-0.39, 0.29) is 0 Å². The van der Waals surface area contributed by atoms with Gasteiger partial charge in [-0.3, -0.25) is 4.98 Å². The van der Waals surface area contributed by atoms with Gasteiger partial charge in [-0.15, -0.1) is 0 Å². The number of aryl methyl sites for hydroxylation is 1. The molecule has 0 aliphatic carbocycles. The number of halogens is 3. The SMILES string of the molecule is CNCc1cncc(-c2ccc(C(F)(F)F)cc2C)c1. The summed E-state index contributed by atoms with van der Waals surface area (Å²) in [6.07, 6.45) is -0.913. The molecule has 0 bridgehead atoms. The summed E-state index contributed by atoms with van der Waals surface area (Å²) in [6.45, 7) is 2.34. The minimum Gasteiger partial charge on any atom is -0.316 e. The number of pyridine rings is 1. The highest BCUT2D eigenvalue weighted by Gasteiger charge is 2.30. The van der Waals surface area contributed by atoms with E-state index in [2.05, 4.69) is 10.3 Å². The molecule has 2 nitrogen and oxygen atoms in total. The molecule has 106 valence electrons. The molecule has 0 spiro atoms. The second-order valence-electron chi connectivity index (χ2n) is 4.64. The molecular formula is C15H15F3N2. The predicted molar refractivity (Wildman–Crippen MR) is 72.2 cm³/mol. The van der Waals surface area contributed by atoms with E-state index >= 15 is 0 Å². The van der Waals surface area contributed by atoms with Crippen molar-refractivity contribution in [2.24, 2.45) is 0 Å². The van der Waals surface area contributed by atoms with Crippen LogP contribution in [0.1, 0.15) is 16.7 Å². The second-order valence-corrected chi connectivity index (χ2v) is 4.64. The fourth-order valence-corrected chi connectivity index (χ4v) is 2.10. The molecule has 0 atom stereocenters. The highest BCUT2D eigenvalue weighted by molar-refractivity contribution is 5.67. The molecule has 20 heavy (non-hydrogen) atoms. The first kappa shape index (κ1) is 14.5. The van der Waals surface area contributed by atoms with Gasteiger partial charge in [-0.1, -0.05) is 6.07 Å². The van der Waals surface area contributed by atoms with Crippen LogP contribution in [0.25, 0.3) is 11.1 Å².